The molecule has 0 unspecified atom stereocenters. The summed E-state index contributed by atoms with van der Waals surface area (Å²) in [7, 11) is 3.61. The molecule has 0 atom stereocenters. The van der Waals surface area contributed by atoms with Gasteiger partial charge in [0.2, 0.25) is 11.8 Å². The van der Waals surface area contributed by atoms with Crippen molar-refractivity contribution in [3.05, 3.63) is 29.3 Å². The number of piperidine rings is 1. The quantitative estimate of drug-likeness (QED) is 0.360. The fourth-order valence-corrected chi connectivity index (χ4v) is 5.16. The lowest BCUT2D eigenvalue weighted by molar-refractivity contribution is -0.133. The molecule has 0 aliphatic carbocycles. The second-order valence-electron chi connectivity index (χ2n) is 5.92. The molecule has 2 rings (SSSR count). The lowest BCUT2D eigenvalue weighted by Gasteiger charge is -2.31. The minimum atomic E-state index is 0.0341. The molecule has 0 saturated carbocycles. The highest BCUT2D eigenvalue weighted by atomic mass is 35.5. The van der Waals surface area contributed by atoms with E-state index in [1.165, 1.54) is 11.8 Å². The second kappa shape index (κ2) is 12.1. The Bertz CT molecular complexity index is 578. The fraction of sp³-hybridized carbons (Fsp3) is 0.556. The van der Waals surface area contributed by atoms with Gasteiger partial charge in [0, 0.05) is 47.0 Å². The van der Waals surface area contributed by atoms with E-state index in [-0.39, 0.29) is 17.7 Å². The second-order valence-corrected chi connectivity index (χ2v) is 10.3. The van der Waals surface area contributed by atoms with Crippen molar-refractivity contribution in [2.45, 2.75) is 24.7 Å². The summed E-state index contributed by atoms with van der Waals surface area (Å²) in [5, 5.41) is 3.71. The topological polar surface area (TPSA) is 49.4 Å². The van der Waals surface area contributed by atoms with Crippen LogP contribution in [-0.4, -0.2) is 53.6 Å². The van der Waals surface area contributed by atoms with Crippen LogP contribution in [0.15, 0.2) is 29.2 Å². The van der Waals surface area contributed by atoms with Crippen molar-refractivity contribution >= 4 is 56.8 Å². The predicted octanol–water partition coefficient (Wildman–Crippen LogP) is 4.19. The Morgan fingerprint density at radius 1 is 1.19 bits per heavy atom. The molecule has 1 fully saturated rings. The van der Waals surface area contributed by atoms with Crippen molar-refractivity contribution in [3.63, 3.8) is 0 Å². The van der Waals surface area contributed by atoms with E-state index >= 15 is 0 Å². The molecule has 1 heterocycles. The van der Waals surface area contributed by atoms with Gasteiger partial charge in [-0.25, -0.2) is 0 Å². The number of carbonyl (C=O) groups excluding carboxylic acids is 2. The number of benzene rings is 1. The van der Waals surface area contributed by atoms with Gasteiger partial charge in [-0.2, -0.15) is 0 Å². The fourth-order valence-electron chi connectivity index (χ4n) is 2.66. The molecule has 4 nitrogen and oxygen atoms in total. The smallest absolute Gasteiger partial charge is 0.232 e. The van der Waals surface area contributed by atoms with Crippen LogP contribution in [0.25, 0.3) is 0 Å². The van der Waals surface area contributed by atoms with Gasteiger partial charge in [0.1, 0.15) is 0 Å². The molecule has 8 heteroatoms. The Balaban J connectivity index is 1.64. The number of hydrogen-bond donors (Lipinski definition) is 1. The number of halogens is 1. The minimum absolute atomic E-state index is 0.0341. The standard InChI is InChI=1S/C18H25ClN2O2S3/c1-2-25-26-12-9-20-18(23)14-7-10-21(11-8-14)17(22)13-24-16-5-3-15(19)4-6-16/h3-6,14H,2,7-13H2,1H3,(H,20,23). The molecule has 1 aromatic rings. The molecular formula is C18H25ClN2O2S3. The van der Waals surface area contributed by atoms with E-state index in [1.807, 2.05) is 40.0 Å². The zero-order valence-electron chi connectivity index (χ0n) is 14.9. The molecule has 0 radical (unpaired) electrons. The van der Waals surface area contributed by atoms with Gasteiger partial charge in [-0.1, -0.05) is 40.1 Å². The Morgan fingerprint density at radius 3 is 2.54 bits per heavy atom. The lowest BCUT2D eigenvalue weighted by atomic mass is 9.96. The molecule has 1 saturated heterocycles. The van der Waals surface area contributed by atoms with Crippen LogP contribution in [0, 0.1) is 5.92 Å². The Labute approximate surface area is 173 Å². The van der Waals surface area contributed by atoms with Gasteiger partial charge >= 0.3 is 0 Å². The summed E-state index contributed by atoms with van der Waals surface area (Å²) in [4.78, 5) is 27.5. The van der Waals surface area contributed by atoms with Gasteiger partial charge in [0.15, 0.2) is 0 Å². The summed E-state index contributed by atoms with van der Waals surface area (Å²) in [6, 6.07) is 7.51. The number of likely N-dealkylation sites (tertiary alicyclic amines) is 1. The summed E-state index contributed by atoms with van der Waals surface area (Å²) < 4.78 is 0. The number of hydrogen-bond acceptors (Lipinski definition) is 5. The van der Waals surface area contributed by atoms with Gasteiger partial charge in [-0.05, 0) is 37.1 Å². The Morgan fingerprint density at radius 2 is 1.88 bits per heavy atom. The van der Waals surface area contributed by atoms with Crippen LogP contribution in [0.3, 0.4) is 0 Å². The lowest BCUT2D eigenvalue weighted by Crippen LogP contribution is -2.43. The largest absolute Gasteiger partial charge is 0.355 e. The van der Waals surface area contributed by atoms with E-state index in [4.69, 9.17) is 11.6 Å². The third-order valence-corrected chi connectivity index (χ3v) is 7.81. The van der Waals surface area contributed by atoms with Crippen LogP contribution in [0.1, 0.15) is 19.8 Å². The zero-order valence-corrected chi connectivity index (χ0v) is 18.1. The highest BCUT2D eigenvalue weighted by Crippen LogP contribution is 2.23. The molecule has 1 N–H and O–H groups in total. The van der Waals surface area contributed by atoms with Gasteiger partial charge in [-0.15, -0.1) is 11.8 Å². The molecule has 26 heavy (non-hydrogen) atoms. The number of thioether (sulfide) groups is 1. The number of rotatable bonds is 9. The molecular weight excluding hydrogens is 408 g/mol. The SMILES string of the molecule is CCSSCCNC(=O)C1CCN(C(=O)CSc2ccc(Cl)cc2)CC1. The summed E-state index contributed by atoms with van der Waals surface area (Å²) in [5.74, 6) is 2.74. The molecule has 144 valence electrons. The molecule has 1 aromatic carbocycles. The van der Waals surface area contributed by atoms with Crippen LogP contribution >= 0.6 is 45.0 Å². The van der Waals surface area contributed by atoms with Crippen molar-refractivity contribution < 1.29 is 9.59 Å². The first-order valence-corrected chi connectivity index (χ1v) is 12.6. The van der Waals surface area contributed by atoms with Crippen LogP contribution in [0.2, 0.25) is 5.02 Å². The van der Waals surface area contributed by atoms with Crippen LogP contribution in [0.4, 0.5) is 0 Å². The number of amides is 2. The van der Waals surface area contributed by atoms with E-state index in [9.17, 15) is 9.59 Å². The predicted molar refractivity (Wildman–Crippen MR) is 115 cm³/mol. The van der Waals surface area contributed by atoms with E-state index in [1.54, 1.807) is 10.8 Å². The first-order valence-electron chi connectivity index (χ1n) is 8.78. The zero-order chi connectivity index (χ0) is 18.8. The first-order chi connectivity index (χ1) is 12.6. The molecule has 0 spiro atoms. The van der Waals surface area contributed by atoms with Gasteiger partial charge in [-0.3, -0.25) is 9.59 Å². The van der Waals surface area contributed by atoms with Crippen molar-refractivity contribution in [2.75, 3.05) is 36.9 Å². The monoisotopic (exact) mass is 432 g/mol. The highest BCUT2D eigenvalue weighted by Gasteiger charge is 2.26. The third-order valence-electron chi connectivity index (χ3n) is 4.08. The summed E-state index contributed by atoms with van der Waals surface area (Å²) in [6.07, 6.45) is 1.50. The molecule has 0 bridgehead atoms. The van der Waals surface area contributed by atoms with Gasteiger partial charge in [0.25, 0.3) is 0 Å². The van der Waals surface area contributed by atoms with E-state index in [0.29, 0.717) is 30.4 Å². The van der Waals surface area contributed by atoms with E-state index in [2.05, 4.69) is 12.2 Å². The maximum Gasteiger partial charge on any atom is 0.232 e. The van der Waals surface area contributed by atoms with Crippen molar-refractivity contribution in [2.24, 2.45) is 5.92 Å². The normalized spacial score (nSPS) is 15.1. The van der Waals surface area contributed by atoms with Crippen molar-refractivity contribution in [3.8, 4) is 0 Å². The van der Waals surface area contributed by atoms with Gasteiger partial charge < -0.3 is 10.2 Å². The van der Waals surface area contributed by atoms with Crippen molar-refractivity contribution in [1.82, 2.24) is 10.2 Å². The maximum absolute atomic E-state index is 12.4. The number of carbonyl (C=O) groups is 2. The van der Waals surface area contributed by atoms with Crippen LogP contribution in [-0.2, 0) is 9.59 Å². The van der Waals surface area contributed by atoms with Crippen molar-refractivity contribution in [1.29, 1.82) is 0 Å². The molecule has 0 aromatic heterocycles. The van der Waals surface area contributed by atoms with Crippen LogP contribution in [0.5, 0.6) is 0 Å². The summed E-state index contributed by atoms with van der Waals surface area (Å²) in [5.41, 5.74) is 0. The number of nitrogens with one attached hydrogen (secondary N) is 1. The minimum Gasteiger partial charge on any atom is -0.355 e. The maximum atomic E-state index is 12.4. The first kappa shape index (κ1) is 21.8. The highest BCUT2D eigenvalue weighted by molar-refractivity contribution is 8.76. The van der Waals surface area contributed by atoms with E-state index < -0.39 is 0 Å². The number of nitrogens with zero attached hydrogens (tertiary/aromatic N) is 1. The average Bonchev–Trinajstić information content (AvgIpc) is 2.67. The Kier molecular flexibility index (Phi) is 10.1. The molecule has 1 aliphatic rings. The third kappa shape index (κ3) is 7.62. The summed E-state index contributed by atoms with van der Waals surface area (Å²) >= 11 is 7.39. The summed E-state index contributed by atoms with van der Waals surface area (Å²) in [6.45, 7) is 4.17. The molecule has 2 amide bonds. The van der Waals surface area contributed by atoms with Gasteiger partial charge in [0.05, 0.1) is 5.75 Å². The molecule has 1 aliphatic heterocycles. The average molecular weight is 433 g/mol. The van der Waals surface area contributed by atoms with Crippen LogP contribution < -0.4 is 5.32 Å². The Hall–Kier alpha value is -0.500. The van der Waals surface area contributed by atoms with E-state index in [0.717, 1.165) is 29.2 Å².